The molecule has 1 rings (SSSR count). The quantitative estimate of drug-likeness (QED) is 0.310. The van der Waals surface area contributed by atoms with Crippen LogP contribution in [0.25, 0.3) is 0 Å². The van der Waals surface area contributed by atoms with Crippen molar-refractivity contribution in [1.29, 1.82) is 0 Å². The van der Waals surface area contributed by atoms with E-state index in [1.165, 1.54) is 25.7 Å². The normalized spacial score (nSPS) is 14.8. The van der Waals surface area contributed by atoms with E-state index in [-0.39, 0.29) is 17.1 Å². The summed E-state index contributed by atoms with van der Waals surface area (Å²) in [5.74, 6) is -5.40. The van der Waals surface area contributed by atoms with Crippen LogP contribution in [0.15, 0.2) is 24.3 Å². The predicted molar refractivity (Wildman–Crippen MR) is 63.5 cm³/mol. The molecular weight excluding hydrogens is 366 g/mol. The SMILES string of the molecule is C1=CCCC=CCC1.O=C(CC(=O)C(F)(F)F)C(F)(F)F.[Cu]. The van der Waals surface area contributed by atoms with Crippen LogP contribution in [0.5, 0.6) is 0 Å². The Labute approximate surface area is 134 Å². The van der Waals surface area contributed by atoms with Gasteiger partial charge in [0.05, 0.1) is 6.42 Å². The first kappa shape index (κ1) is 23.2. The monoisotopic (exact) mass is 379 g/mol. The van der Waals surface area contributed by atoms with Gasteiger partial charge in [0, 0.05) is 17.1 Å². The molecule has 2 nitrogen and oxygen atoms in total. The van der Waals surface area contributed by atoms with Crippen molar-refractivity contribution >= 4 is 11.6 Å². The summed E-state index contributed by atoms with van der Waals surface area (Å²) in [5, 5.41) is 0. The van der Waals surface area contributed by atoms with Gasteiger partial charge in [-0.1, -0.05) is 24.3 Å². The van der Waals surface area contributed by atoms with Crippen LogP contribution in [0.1, 0.15) is 32.1 Å². The molecule has 1 aliphatic rings. The number of carbonyl (C=O) groups is 2. The number of hydrogen-bond acceptors (Lipinski definition) is 2. The molecular formula is C13H14CuF6O2. The van der Waals surface area contributed by atoms with Crippen LogP contribution in [-0.4, -0.2) is 23.9 Å². The summed E-state index contributed by atoms with van der Waals surface area (Å²) < 4.78 is 68.0. The molecule has 0 bridgehead atoms. The second kappa shape index (κ2) is 10.6. The fourth-order valence-electron chi connectivity index (χ4n) is 1.20. The molecule has 9 heteroatoms. The van der Waals surface area contributed by atoms with Crippen LogP contribution < -0.4 is 0 Å². The Bertz CT molecular complexity index is 360. The van der Waals surface area contributed by atoms with Crippen molar-refractivity contribution < 1.29 is 53.0 Å². The maximum Gasteiger partial charge on any atom is 0.450 e. The summed E-state index contributed by atoms with van der Waals surface area (Å²) in [7, 11) is 0. The van der Waals surface area contributed by atoms with Crippen LogP contribution in [0.4, 0.5) is 26.3 Å². The van der Waals surface area contributed by atoms with Crippen molar-refractivity contribution in [3.8, 4) is 0 Å². The fourth-order valence-corrected chi connectivity index (χ4v) is 1.20. The maximum absolute atomic E-state index is 11.3. The van der Waals surface area contributed by atoms with Crippen molar-refractivity contribution in [1.82, 2.24) is 0 Å². The van der Waals surface area contributed by atoms with Gasteiger partial charge in [-0.25, -0.2) is 0 Å². The standard InChI is InChI=1S/C8H12.C5H2F6O2.Cu/c1-2-4-6-8-7-5-3-1;6-4(7,8)2(12)1-3(13)5(9,10)11;/h1-2,7-8H,3-6H2;1H2;. The second-order valence-electron chi connectivity index (χ2n) is 4.12. The van der Waals surface area contributed by atoms with E-state index in [0.29, 0.717) is 0 Å². The van der Waals surface area contributed by atoms with E-state index in [9.17, 15) is 35.9 Å². The van der Waals surface area contributed by atoms with Gasteiger partial charge in [-0.2, -0.15) is 26.3 Å². The van der Waals surface area contributed by atoms with Crippen LogP contribution in [-0.2, 0) is 26.7 Å². The number of ketones is 2. The molecule has 0 heterocycles. The molecule has 0 spiro atoms. The fraction of sp³-hybridized carbons (Fsp3) is 0.538. The van der Waals surface area contributed by atoms with Crippen molar-refractivity contribution in [2.24, 2.45) is 0 Å². The van der Waals surface area contributed by atoms with E-state index in [2.05, 4.69) is 24.3 Å². The molecule has 0 aliphatic heterocycles. The molecule has 22 heavy (non-hydrogen) atoms. The first-order valence-corrected chi connectivity index (χ1v) is 6.05. The van der Waals surface area contributed by atoms with Crippen LogP contribution in [0.2, 0.25) is 0 Å². The van der Waals surface area contributed by atoms with E-state index >= 15 is 0 Å². The Kier molecular flexibility index (Phi) is 11.2. The van der Waals surface area contributed by atoms with E-state index in [1.807, 2.05) is 0 Å². The maximum atomic E-state index is 11.3. The predicted octanol–water partition coefficient (Wildman–Crippen LogP) is 4.31. The first-order valence-electron chi connectivity index (χ1n) is 6.05. The third-order valence-corrected chi connectivity index (χ3v) is 2.29. The van der Waals surface area contributed by atoms with E-state index in [1.54, 1.807) is 0 Å². The summed E-state index contributed by atoms with van der Waals surface area (Å²) in [5.41, 5.74) is 0. The van der Waals surface area contributed by atoms with Gasteiger partial charge in [0.25, 0.3) is 0 Å². The molecule has 0 atom stereocenters. The van der Waals surface area contributed by atoms with Crippen molar-refractivity contribution in [3.63, 3.8) is 0 Å². The number of Topliss-reactive ketones (excluding diaryl/α,β-unsaturated/α-hetero) is 2. The van der Waals surface area contributed by atoms with Gasteiger partial charge >= 0.3 is 12.4 Å². The molecule has 0 N–H and O–H groups in total. The smallest absolute Gasteiger partial charge is 0.289 e. The summed E-state index contributed by atoms with van der Waals surface area (Å²) >= 11 is 0. The van der Waals surface area contributed by atoms with E-state index in [0.717, 1.165) is 0 Å². The van der Waals surface area contributed by atoms with Crippen LogP contribution >= 0.6 is 0 Å². The number of allylic oxidation sites excluding steroid dienone is 4. The third-order valence-electron chi connectivity index (χ3n) is 2.29. The Hall–Kier alpha value is -1.08. The van der Waals surface area contributed by atoms with E-state index < -0.39 is 30.3 Å². The number of hydrogen-bond donors (Lipinski definition) is 0. The average Bonchev–Trinajstić information content (AvgIpc) is 2.25. The van der Waals surface area contributed by atoms with Gasteiger partial charge < -0.3 is 0 Å². The van der Waals surface area contributed by atoms with Gasteiger partial charge in [-0.05, 0) is 25.7 Å². The van der Waals surface area contributed by atoms with Crippen molar-refractivity contribution in [3.05, 3.63) is 24.3 Å². The molecule has 1 aliphatic carbocycles. The number of alkyl halides is 6. The first-order chi connectivity index (χ1) is 9.55. The summed E-state index contributed by atoms with van der Waals surface area (Å²) in [4.78, 5) is 19.8. The van der Waals surface area contributed by atoms with Crippen molar-refractivity contribution in [2.75, 3.05) is 0 Å². The molecule has 0 saturated heterocycles. The molecule has 0 saturated carbocycles. The summed E-state index contributed by atoms with van der Waals surface area (Å²) in [6.07, 6.45) is 1.01. The number of halogens is 6. The Morgan fingerprint density at radius 3 is 1.09 bits per heavy atom. The molecule has 0 aromatic carbocycles. The molecule has 0 unspecified atom stereocenters. The zero-order valence-electron chi connectivity index (χ0n) is 11.2. The Morgan fingerprint density at radius 1 is 0.682 bits per heavy atom. The zero-order chi connectivity index (χ0) is 16.5. The third kappa shape index (κ3) is 11.6. The van der Waals surface area contributed by atoms with Gasteiger partial charge in [0.2, 0.25) is 11.6 Å². The molecule has 1 radical (unpaired) electrons. The van der Waals surface area contributed by atoms with Gasteiger partial charge in [-0.3, -0.25) is 9.59 Å². The number of carbonyl (C=O) groups excluding carboxylic acids is 2. The van der Waals surface area contributed by atoms with Gasteiger partial charge in [-0.15, -0.1) is 0 Å². The minimum Gasteiger partial charge on any atom is -0.289 e. The van der Waals surface area contributed by atoms with Gasteiger partial charge in [0.15, 0.2) is 0 Å². The van der Waals surface area contributed by atoms with Crippen LogP contribution in [0, 0.1) is 0 Å². The summed E-state index contributed by atoms with van der Waals surface area (Å²) in [6.45, 7) is 0. The van der Waals surface area contributed by atoms with Crippen LogP contribution in [0.3, 0.4) is 0 Å². The Morgan fingerprint density at radius 2 is 0.909 bits per heavy atom. The average molecular weight is 380 g/mol. The minimum absolute atomic E-state index is 0. The number of rotatable bonds is 2. The van der Waals surface area contributed by atoms with Gasteiger partial charge in [0.1, 0.15) is 0 Å². The zero-order valence-corrected chi connectivity index (χ0v) is 12.2. The van der Waals surface area contributed by atoms with Crippen molar-refractivity contribution in [2.45, 2.75) is 44.5 Å². The molecule has 0 aromatic heterocycles. The molecule has 0 aromatic rings. The molecule has 0 amide bonds. The molecule has 0 fully saturated rings. The molecule has 131 valence electrons. The Balaban J connectivity index is 0. The largest absolute Gasteiger partial charge is 0.450 e. The topological polar surface area (TPSA) is 34.1 Å². The second-order valence-corrected chi connectivity index (χ2v) is 4.12. The summed E-state index contributed by atoms with van der Waals surface area (Å²) in [6, 6.07) is 0. The minimum atomic E-state index is -5.40. The van der Waals surface area contributed by atoms with E-state index in [4.69, 9.17) is 0 Å².